The number of ether oxygens (including phenoxy) is 1. The summed E-state index contributed by atoms with van der Waals surface area (Å²) in [7, 11) is 0. The molecule has 0 saturated carbocycles. The number of carbonyl (C=O) groups excluding carboxylic acids is 1. The summed E-state index contributed by atoms with van der Waals surface area (Å²) in [5, 5.41) is 5.26. The molecule has 4 heteroatoms. The van der Waals surface area contributed by atoms with Crippen molar-refractivity contribution < 1.29 is 9.53 Å². The molecule has 17 heavy (non-hydrogen) atoms. The Morgan fingerprint density at radius 2 is 1.94 bits per heavy atom. The number of nitrogens with zero attached hydrogens (tertiary/aromatic N) is 1. The van der Waals surface area contributed by atoms with Crippen molar-refractivity contribution in [3.05, 3.63) is 42.0 Å². The van der Waals surface area contributed by atoms with Crippen LogP contribution in [0.4, 0.5) is 5.69 Å². The van der Waals surface area contributed by atoms with Crippen molar-refractivity contribution in [2.45, 2.75) is 6.92 Å². The lowest BCUT2D eigenvalue weighted by Crippen LogP contribution is -2.04. The van der Waals surface area contributed by atoms with Gasteiger partial charge in [0.25, 0.3) is 0 Å². The molecule has 2 aromatic rings. The Morgan fingerprint density at radius 1 is 1.29 bits per heavy atom. The maximum absolute atomic E-state index is 11.7. The third-order valence-corrected chi connectivity index (χ3v) is 2.48. The molecule has 0 fully saturated rings. The lowest BCUT2D eigenvalue weighted by molar-refractivity contribution is 0.0527. The quantitative estimate of drug-likeness (QED) is 0.643. The first-order valence-electron chi connectivity index (χ1n) is 5.33. The number of fused-ring (bicyclic) bond motifs is 1. The summed E-state index contributed by atoms with van der Waals surface area (Å²) < 4.78 is 4.94. The molecule has 0 amide bonds. The van der Waals surface area contributed by atoms with Crippen LogP contribution in [0.5, 0.6) is 0 Å². The van der Waals surface area contributed by atoms with Crippen LogP contribution in [0.1, 0.15) is 17.3 Å². The standard InChI is InChI=1S/C13H12N2O2/c1-2-17-13(16)11-7-9-5-3-4-6-10(9)8-12(11)15-14/h3-8,14H,2H2,1H3. The van der Waals surface area contributed by atoms with E-state index in [-0.39, 0.29) is 0 Å². The third kappa shape index (κ3) is 2.15. The molecule has 0 bridgehead atoms. The zero-order valence-corrected chi connectivity index (χ0v) is 9.43. The van der Waals surface area contributed by atoms with E-state index in [1.807, 2.05) is 24.3 Å². The number of hydrogen-bond acceptors (Lipinski definition) is 4. The second-order valence-corrected chi connectivity index (χ2v) is 3.55. The Kier molecular flexibility index (Phi) is 3.14. The van der Waals surface area contributed by atoms with Crippen LogP contribution in [-0.2, 0) is 4.74 Å². The van der Waals surface area contributed by atoms with Crippen LogP contribution in [0.3, 0.4) is 0 Å². The minimum absolute atomic E-state index is 0.309. The van der Waals surface area contributed by atoms with Gasteiger partial charge in [0.05, 0.1) is 12.2 Å². The molecule has 4 nitrogen and oxygen atoms in total. The van der Waals surface area contributed by atoms with Crippen LogP contribution in [0.25, 0.3) is 10.8 Å². The summed E-state index contributed by atoms with van der Waals surface area (Å²) in [5.74, 6) is -0.441. The molecule has 0 atom stereocenters. The fourth-order valence-electron chi connectivity index (χ4n) is 1.69. The number of esters is 1. The van der Waals surface area contributed by atoms with E-state index in [1.165, 1.54) is 0 Å². The molecule has 0 radical (unpaired) electrons. The lowest BCUT2D eigenvalue weighted by Gasteiger charge is -2.06. The van der Waals surface area contributed by atoms with Gasteiger partial charge >= 0.3 is 5.97 Å². The van der Waals surface area contributed by atoms with Crippen molar-refractivity contribution in [1.29, 1.82) is 5.53 Å². The highest BCUT2D eigenvalue weighted by atomic mass is 16.5. The monoisotopic (exact) mass is 228 g/mol. The summed E-state index contributed by atoms with van der Waals surface area (Å²) in [4.78, 5) is 11.7. The first kappa shape index (κ1) is 11.3. The Bertz CT molecular complexity index is 579. The molecule has 0 saturated heterocycles. The summed E-state index contributed by atoms with van der Waals surface area (Å²) in [6.45, 7) is 2.06. The van der Waals surface area contributed by atoms with Crippen LogP contribution < -0.4 is 0 Å². The van der Waals surface area contributed by atoms with E-state index in [0.29, 0.717) is 17.9 Å². The van der Waals surface area contributed by atoms with E-state index in [2.05, 4.69) is 5.11 Å². The van der Waals surface area contributed by atoms with Crippen molar-refractivity contribution in [3.8, 4) is 0 Å². The molecular weight excluding hydrogens is 216 g/mol. The molecule has 0 aliphatic heterocycles. The average Bonchev–Trinajstić information content (AvgIpc) is 2.37. The predicted octanol–water partition coefficient (Wildman–Crippen LogP) is 3.68. The van der Waals surface area contributed by atoms with Crippen LogP contribution in [0.2, 0.25) is 0 Å². The van der Waals surface area contributed by atoms with Gasteiger partial charge in [0, 0.05) is 0 Å². The van der Waals surface area contributed by atoms with Crippen molar-refractivity contribution in [2.75, 3.05) is 6.61 Å². The van der Waals surface area contributed by atoms with E-state index >= 15 is 0 Å². The van der Waals surface area contributed by atoms with Gasteiger partial charge in [0.2, 0.25) is 0 Å². The number of benzene rings is 2. The van der Waals surface area contributed by atoms with Crippen molar-refractivity contribution in [2.24, 2.45) is 5.11 Å². The minimum Gasteiger partial charge on any atom is -0.462 e. The second-order valence-electron chi connectivity index (χ2n) is 3.55. The molecule has 1 N–H and O–H groups in total. The molecule has 2 aromatic carbocycles. The molecule has 2 rings (SSSR count). The van der Waals surface area contributed by atoms with Gasteiger partial charge < -0.3 is 4.74 Å². The number of nitrogens with one attached hydrogen (secondary N) is 1. The largest absolute Gasteiger partial charge is 0.462 e. The molecule has 0 aromatic heterocycles. The van der Waals surface area contributed by atoms with E-state index < -0.39 is 5.97 Å². The van der Waals surface area contributed by atoms with Gasteiger partial charge in [0.1, 0.15) is 5.69 Å². The van der Waals surface area contributed by atoms with Gasteiger partial charge in [-0.2, -0.15) is 5.11 Å². The maximum Gasteiger partial charge on any atom is 0.340 e. The molecule has 0 aliphatic rings. The van der Waals surface area contributed by atoms with Crippen LogP contribution in [0, 0.1) is 5.53 Å². The molecule has 0 heterocycles. The second kappa shape index (κ2) is 4.74. The smallest absolute Gasteiger partial charge is 0.340 e. The zero-order chi connectivity index (χ0) is 12.3. The Balaban J connectivity index is 2.60. The fourth-order valence-corrected chi connectivity index (χ4v) is 1.69. The summed E-state index contributed by atoms with van der Waals surface area (Å²) in [6, 6.07) is 11.1. The molecule has 0 unspecified atom stereocenters. The van der Waals surface area contributed by atoms with Gasteiger partial charge in [-0.05, 0) is 29.8 Å². The molecule has 0 spiro atoms. The van der Waals surface area contributed by atoms with Gasteiger partial charge in [-0.15, -0.1) is 0 Å². The zero-order valence-electron chi connectivity index (χ0n) is 9.43. The van der Waals surface area contributed by atoms with Crippen LogP contribution >= 0.6 is 0 Å². The Morgan fingerprint density at radius 3 is 2.53 bits per heavy atom. The van der Waals surface area contributed by atoms with E-state index in [9.17, 15) is 4.79 Å². The molecule has 86 valence electrons. The Hall–Kier alpha value is -2.23. The van der Waals surface area contributed by atoms with Crippen LogP contribution in [-0.4, -0.2) is 12.6 Å². The number of carbonyl (C=O) groups is 1. The summed E-state index contributed by atoms with van der Waals surface area (Å²) in [6.07, 6.45) is 0. The third-order valence-electron chi connectivity index (χ3n) is 2.48. The van der Waals surface area contributed by atoms with Crippen LogP contribution in [0.15, 0.2) is 41.5 Å². The summed E-state index contributed by atoms with van der Waals surface area (Å²) in [5.41, 5.74) is 7.77. The SMILES string of the molecule is CCOC(=O)c1cc2ccccc2cc1N=N. The number of rotatable bonds is 3. The van der Waals surface area contributed by atoms with E-state index in [0.717, 1.165) is 10.8 Å². The van der Waals surface area contributed by atoms with E-state index in [4.69, 9.17) is 10.3 Å². The molecule has 0 aliphatic carbocycles. The van der Waals surface area contributed by atoms with Gasteiger partial charge in [-0.3, -0.25) is 0 Å². The summed E-state index contributed by atoms with van der Waals surface area (Å²) >= 11 is 0. The number of hydrogen-bond donors (Lipinski definition) is 1. The van der Waals surface area contributed by atoms with Crippen molar-refractivity contribution in [1.82, 2.24) is 0 Å². The average molecular weight is 228 g/mol. The topological polar surface area (TPSA) is 62.5 Å². The molecular formula is C13H12N2O2. The van der Waals surface area contributed by atoms with Crippen molar-refractivity contribution >= 4 is 22.4 Å². The first-order valence-corrected chi connectivity index (χ1v) is 5.33. The van der Waals surface area contributed by atoms with Crippen molar-refractivity contribution in [3.63, 3.8) is 0 Å². The highest BCUT2D eigenvalue weighted by molar-refractivity contribution is 6.00. The van der Waals surface area contributed by atoms with Gasteiger partial charge in [0.15, 0.2) is 0 Å². The first-order chi connectivity index (χ1) is 8.26. The lowest BCUT2D eigenvalue weighted by atomic mass is 10.1. The fraction of sp³-hybridized carbons (Fsp3) is 0.154. The van der Waals surface area contributed by atoms with E-state index in [1.54, 1.807) is 19.1 Å². The highest BCUT2D eigenvalue weighted by Gasteiger charge is 2.13. The minimum atomic E-state index is -0.441. The van der Waals surface area contributed by atoms with Gasteiger partial charge in [-0.1, -0.05) is 24.3 Å². The predicted molar refractivity (Wildman–Crippen MR) is 64.7 cm³/mol. The maximum atomic E-state index is 11.7. The Labute approximate surface area is 98.7 Å². The van der Waals surface area contributed by atoms with Gasteiger partial charge in [-0.25, -0.2) is 10.3 Å². The normalized spacial score (nSPS) is 10.2. The highest BCUT2D eigenvalue weighted by Crippen LogP contribution is 2.26.